The molecule has 0 amide bonds. The number of halogens is 2. The molecule has 28 heavy (non-hydrogen) atoms. The summed E-state index contributed by atoms with van der Waals surface area (Å²) in [4.78, 5) is 31.9. The molecule has 9 heteroatoms. The number of carboxylic acid groups (broad SMARTS) is 1. The van der Waals surface area contributed by atoms with Crippen LogP contribution in [0.2, 0.25) is 0 Å². The molecule has 0 aliphatic rings. The SMILES string of the molecule is O=C(O)CCc1nc2cc(F)ccc2c2nc(=O)c(-c3ccc(F)cc3)nn12. The van der Waals surface area contributed by atoms with Crippen LogP contribution in [0.1, 0.15) is 12.2 Å². The monoisotopic (exact) mass is 382 g/mol. The molecule has 1 N–H and O–H groups in total. The number of benzene rings is 2. The van der Waals surface area contributed by atoms with Gasteiger partial charge in [0.05, 0.1) is 11.9 Å². The van der Waals surface area contributed by atoms with Crippen molar-refractivity contribution in [3.8, 4) is 11.3 Å². The summed E-state index contributed by atoms with van der Waals surface area (Å²) in [5.74, 6) is -1.81. The Morgan fingerprint density at radius 2 is 1.75 bits per heavy atom. The van der Waals surface area contributed by atoms with Crippen molar-refractivity contribution >= 4 is 22.5 Å². The Balaban J connectivity index is 2.02. The molecule has 0 radical (unpaired) electrons. The Morgan fingerprint density at radius 1 is 1.04 bits per heavy atom. The average molecular weight is 382 g/mol. The third kappa shape index (κ3) is 3.18. The van der Waals surface area contributed by atoms with Crippen LogP contribution in [-0.2, 0) is 11.2 Å². The van der Waals surface area contributed by atoms with Crippen molar-refractivity contribution in [3.05, 3.63) is 70.3 Å². The Bertz CT molecular complexity index is 1290. The highest BCUT2D eigenvalue weighted by Crippen LogP contribution is 2.21. The van der Waals surface area contributed by atoms with E-state index in [0.29, 0.717) is 10.9 Å². The molecule has 7 nitrogen and oxygen atoms in total. The zero-order valence-corrected chi connectivity index (χ0v) is 14.3. The summed E-state index contributed by atoms with van der Waals surface area (Å²) in [5, 5.41) is 13.7. The molecular formula is C19H12F2N4O3. The van der Waals surface area contributed by atoms with E-state index in [4.69, 9.17) is 5.11 Å². The van der Waals surface area contributed by atoms with Crippen LogP contribution in [0.25, 0.3) is 27.8 Å². The lowest BCUT2D eigenvalue weighted by atomic mass is 10.1. The second-order valence-corrected chi connectivity index (χ2v) is 6.09. The van der Waals surface area contributed by atoms with Gasteiger partial charge in [-0.3, -0.25) is 9.59 Å². The normalized spacial score (nSPS) is 11.2. The Labute approximate surface area is 155 Å². The van der Waals surface area contributed by atoms with Gasteiger partial charge in [0.15, 0.2) is 11.3 Å². The van der Waals surface area contributed by atoms with E-state index in [9.17, 15) is 18.4 Å². The van der Waals surface area contributed by atoms with Gasteiger partial charge in [-0.15, -0.1) is 0 Å². The lowest BCUT2D eigenvalue weighted by Gasteiger charge is -2.11. The Morgan fingerprint density at radius 3 is 2.46 bits per heavy atom. The van der Waals surface area contributed by atoms with Gasteiger partial charge in [-0.25, -0.2) is 13.8 Å². The molecule has 0 aliphatic heterocycles. The van der Waals surface area contributed by atoms with Gasteiger partial charge in [-0.05, 0) is 36.4 Å². The first kappa shape index (κ1) is 17.7. The summed E-state index contributed by atoms with van der Waals surface area (Å²) >= 11 is 0. The van der Waals surface area contributed by atoms with E-state index >= 15 is 0 Å². The van der Waals surface area contributed by atoms with E-state index in [2.05, 4.69) is 15.1 Å². The minimum absolute atomic E-state index is 0.00129. The molecule has 4 aromatic rings. The highest BCUT2D eigenvalue weighted by molar-refractivity contribution is 5.91. The van der Waals surface area contributed by atoms with Crippen molar-refractivity contribution in [1.82, 2.24) is 19.6 Å². The van der Waals surface area contributed by atoms with Crippen LogP contribution in [0.3, 0.4) is 0 Å². The third-order valence-electron chi connectivity index (χ3n) is 4.19. The maximum atomic E-state index is 13.6. The maximum absolute atomic E-state index is 13.6. The van der Waals surface area contributed by atoms with Crippen molar-refractivity contribution in [1.29, 1.82) is 0 Å². The van der Waals surface area contributed by atoms with Crippen molar-refractivity contribution in [2.75, 3.05) is 0 Å². The summed E-state index contributed by atoms with van der Waals surface area (Å²) in [7, 11) is 0. The van der Waals surface area contributed by atoms with Crippen LogP contribution in [0.5, 0.6) is 0 Å². The first-order valence-electron chi connectivity index (χ1n) is 8.29. The highest BCUT2D eigenvalue weighted by atomic mass is 19.1. The third-order valence-corrected chi connectivity index (χ3v) is 4.19. The van der Waals surface area contributed by atoms with Crippen molar-refractivity contribution in [2.24, 2.45) is 0 Å². The van der Waals surface area contributed by atoms with E-state index < -0.39 is 23.2 Å². The van der Waals surface area contributed by atoms with E-state index in [-0.39, 0.29) is 35.5 Å². The molecule has 2 aromatic heterocycles. The first-order valence-corrected chi connectivity index (χ1v) is 8.29. The quantitative estimate of drug-likeness (QED) is 0.545. The van der Waals surface area contributed by atoms with Crippen molar-refractivity contribution in [3.63, 3.8) is 0 Å². The number of fused-ring (bicyclic) bond motifs is 3. The molecule has 4 rings (SSSR count). The number of nitrogens with zero attached hydrogens (tertiary/aromatic N) is 4. The lowest BCUT2D eigenvalue weighted by molar-refractivity contribution is -0.137. The molecule has 0 fully saturated rings. The van der Waals surface area contributed by atoms with Crippen LogP contribution in [0, 0.1) is 11.6 Å². The van der Waals surface area contributed by atoms with Gasteiger partial charge in [0.25, 0.3) is 5.56 Å². The minimum Gasteiger partial charge on any atom is -0.481 e. The zero-order valence-electron chi connectivity index (χ0n) is 14.3. The topological polar surface area (TPSA) is 97.5 Å². The predicted octanol–water partition coefficient (Wildman–Crippen LogP) is 2.60. The zero-order chi connectivity index (χ0) is 19.8. The standard InChI is InChI=1S/C19H12F2N4O3/c20-11-3-1-10(2-4-11)17-19(28)23-18-13-6-5-12(21)9-14(13)22-15(25(18)24-17)7-8-16(26)27/h1-6,9H,7-8H2,(H,26,27). The number of aliphatic carboxylic acids is 1. The van der Waals surface area contributed by atoms with Crippen LogP contribution in [0.4, 0.5) is 8.78 Å². The molecule has 140 valence electrons. The van der Waals surface area contributed by atoms with Crippen LogP contribution in [-0.4, -0.2) is 30.7 Å². The molecule has 0 aliphatic carbocycles. The fraction of sp³-hybridized carbons (Fsp3) is 0.105. The number of hydrogen-bond donors (Lipinski definition) is 1. The van der Waals surface area contributed by atoms with Crippen LogP contribution < -0.4 is 5.56 Å². The molecule has 2 heterocycles. The molecule has 0 bridgehead atoms. The Hall–Kier alpha value is -3.75. The number of rotatable bonds is 4. The van der Waals surface area contributed by atoms with Crippen molar-refractivity contribution in [2.45, 2.75) is 12.8 Å². The number of aryl methyl sites for hydroxylation is 1. The van der Waals surface area contributed by atoms with Crippen molar-refractivity contribution < 1.29 is 18.7 Å². The molecule has 0 saturated carbocycles. The second kappa shape index (κ2) is 6.76. The molecule has 0 unspecified atom stereocenters. The molecule has 0 saturated heterocycles. The van der Waals surface area contributed by atoms with Gasteiger partial charge in [0, 0.05) is 23.4 Å². The predicted molar refractivity (Wildman–Crippen MR) is 95.9 cm³/mol. The van der Waals surface area contributed by atoms with E-state index in [0.717, 1.165) is 0 Å². The molecule has 2 aromatic carbocycles. The maximum Gasteiger partial charge on any atom is 0.303 e. The fourth-order valence-corrected chi connectivity index (χ4v) is 2.88. The first-order chi connectivity index (χ1) is 13.4. The molecule has 0 spiro atoms. The summed E-state index contributed by atoms with van der Waals surface area (Å²) in [5.41, 5.74) is 0.0616. The average Bonchev–Trinajstić information content (AvgIpc) is 2.66. The lowest BCUT2D eigenvalue weighted by Crippen LogP contribution is -2.19. The summed E-state index contributed by atoms with van der Waals surface area (Å²) < 4.78 is 28.1. The van der Waals surface area contributed by atoms with Gasteiger partial charge >= 0.3 is 5.97 Å². The number of hydrogen-bond acceptors (Lipinski definition) is 5. The fourth-order valence-electron chi connectivity index (χ4n) is 2.88. The minimum atomic E-state index is -1.04. The van der Waals surface area contributed by atoms with E-state index in [1.165, 1.54) is 47.0 Å². The van der Waals surface area contributed by atoms with Gasteiger partial charge in [0.2, 0.25) is 0 Å². The summed E-state index contributed by atoms with van der Waals surface area (Å²) in [6.45, 7) is 0. The summed E-state index contributed by atoms with van der Waals surface area (Å²) in [6, 6.07) is 9.00. The number of carbonyl (C=O) groups is 1. The van der Waals surface area contributed by atoms with Crippen LogP contribution in [0.15, 0.2) is 47.3 Å². The molecule has 0 atom stereocenters. The second-order valence-electron chi connectivity index (χ2n) is 6.09. The number of aromatic nitrogens is 4. The van der Waals surface area contributed by atoms with Gasteiger partial charge in [-0.1, -0.05) is 0 Å². The van der Waals surface area contributed by atoms with Gasteiger partial charge in [-0.2, -0.15) is 14.6 Å². The smallest absolute Gasteiger partial charge is 0.303 e. The molecular weight excluding hydrogens is 370 g/mol. The number of carboxylic acids is 1. The van der Waals surface area contributed by atoms with E-state index in [1.807, 2.05) is 0 Å². The van der Waals surface area contributed by atoms with Gasteiger partial charge in [0.1, 0.15) is 17.5 Å². The van der Waals surface area contributed by atoms with Crippen LogP contribution >= 0.6 is 0 Å². The highest BCUT2D eigenvalue weighted by Gasteiger charge is 2.16. The van der Waals surface area contributed by atoms with Gasteiger partial charge < -0.3 is 5.11 Å². The van der Waals surface area contributed by atoms with E-state index in [1.54, 1.807) is 0 Å². The Kier molecular flexibility index (Phi) is 4.26. The summed E-state index contributed by atoms with van der Waals surface area (Å²) in [6.07, 6.45) is -0.235. The largest absolute Gasteiger partial charge is 0.481 e.